The molecule has 14 aromatic carbocycles. The Morgan fingerprint density at radius 3 is 1.15 bits per heavy atom. The summed E-state index contributed by atoms with van der Waals surface area (Å²) in [4.78, 5) is 21.7. The van der Waals surface area contributed by atoms with Crippen LogP contribution < -0.4 is 0 Å². The molecule has 0 fully saturated rings. The number of hydrogen-bond donors (Lipinski definition) is 0. The molecule has 0 aliphatic heterocycles. The van der Waals surface area contributed by atoms with Crippen LogP contribution in [0.5, 0.6) is 0 Å². The molecular formula is C86H52N8. The van der Waals surface area contributed by atoms with Crippen LogP contribution >= 0.6 is 0 Å². The van der Waals surface area contributed by atoms with Crippen LogP contribution in [0.4, 0.5) is 0 Å². The van der Waals surface area contributed by atoms with Crippen molar-refractivity contribution < 1.29 is 0 Å². The second-order valence-corrected chi connectivity index (χ2v) is 24.5. The monoisotopic (exact) mass is 1200 g/mol. The first-order valence-corrected chi connectivity index (χ1v) is 32.0. The van der Waals surface area contributed by atoms with Crippen LogP contribution in [0.15, 0.2) is 315 Å². The summed E-state index contributed by atoms with van der Waals surface area (Å²) in [6, 6.07) is 113. The largest absolute Gasteiger partial charge is 0.309 e. The molecule has 0 atom stereocenters. The number of hydrogen-bond acceptors (Lipinski definition) is 4. The van der Waals surface area contributed by atoms with Crippen molar-refractivity contribution in [2.75, 3.05) is 0 Å². The minimum atomic E-state index is 0.625. The van der Waals surface area contributed by atoms with E-state index in [0.29, 0.717) is 11.9 Å². The van der Waals surface area contributed by atoms with Gasteiger partial charge in [0.2, 0.25) is 11.9 Å². The summed E-state index contributed by atoms with van der Waals surface area (Å²) in [6.07, 6.45) is 0. The van der Waals surface area contributed by atoms with Crippen molar-refractivity contribution >= 4 is 120 Å². The van der Waals surface area contributed by atoms with Crippen LogP contribution in [0.2, 0.25) is 0 Å². The van der Waals surface area contributed by atoms with Gasteiger partial charge in [-0.1, -0.05) is 224 Å². The van der Waals surface area contributed by atoms with Gasteiger partial charge in [0, 0.05) is 87.1 Å². The quantitative estimate of drug-likeness (QED) is 0.152. The van der Waals surface area contributed by atoms with E-state index < -0.39 is 0 Å². The van der Waals surface area contributed by atoms with Gasteiger partial charge in [0.25, 0.3) is 0 Å². The van der Waals surface area contributed by atoms with Crippen molar-refractivity contribution in [3.8, 4) is 68.0 Å². The highest BCUT2D eigenvalue weighted by molar-refractivity contribution is 6.37. The smallest absolute Gasteiger partial charge is 0.235 e. The summed E-state index contributed by atoms with van der Waals surface area (Å²) in [5.41, 5.74) is 21.3. The third-order valence-corrected chi connectivity index (χ3v) is 19.4. The lowest BCUT2D eigenvalue weighted by Gasteiger charge is -2.14. The Bertz CT molecular complexity index is 6530. The van der Waals surface area contributed by atoms with Crippen molar-refractivity contribution in [2.24, 2.45) is 0 Å². The average Bonchev–Trinajstić information content (AvgIpc) is 1.52. The molecule has 0 bridgehead atoms. The molecule has 436 valence electrons. The summed E-state index contributed by atoms with van der Waals surface area (Å²) in [6.45, 7) is 0. The number of nitrogens with zero attached hydrogens (tertiary/aromatic N) is 8. The third-order valence-electron chi connectivity index (χ3n) is 19.4. The Morgan fingerprint density at radius 1 is 0.191 bits per heavy atom. The van der Waals surface area contributed by atoms with Crippen LogP contribution in [0.3, 0.4) is 0 Å². The molecule has 6 heterocycles. The number of rotatable bonds is 8. The fourth-order valence-corrected chi connectivity index (χ4v) is 15.3. The molecule has 8 heteroatoms. The summed E-state index contributed by atoms with van der Waals surface area (Å²) in [5.74, 6) is 1.27. The van der Waals surface area contributed by atoms with E-state index in [4.69, 9.17) is 19.9 Å². The van der Waals surface area contributed by atoms with Gasteiger partial charge in [-0.3, -0.25) is 9.13 Å². The lowest BCUT2D eigenvalue weighted by molar-refractivity contribution is 1.01. The zero-order valence-electron chi connectivity index (χ0n) is 50.6. The summed E-state index contributed by atoms with van der Waals surface area (Å²) < 4.78 is 9.38. The number of para-hydroxylation sites is 7. The molecule has 94 heavy (non-hydrogen) atoms. The molecule has 0 aliphatic rings. The van der Waals surface area contributed by atoms with E-state index in [9.17, 15) is 0 Å². The Hall–Kier alpha value is -12.8. The van der Waals surface area contributed by atoms with E-state index in [1.165, 1.54) is 37.8 Å². The van der Waals surface area contributed by atoms with Gasteiger partial charge in [-0.15, -0.1) is 0 Å². The fourth-order valence-electron chi connectivity index (χ4n) is 15.3. The van der Waals surface area contributed by atoms with Crippen LogP contribution in [0.25, 0.3) is 188 Å². The van der Waals surface area contributed by atoms with Crippen molar-refractivity contribution in [3.63, 3.8) is 0 Å². The molecular weight excluding hydrogens is 1150 g/mol. The van der Waals surface area contributed by atoms with Gasteiger partial charge in [0.15, 0.2) is 0 Å². The molecule has 20 aromatic rings. The topological polar surface area (TPSA) is 71.3 Å². The molecule has 0 radical (unpaired) electrons. The van der Waals surface area contributed by atoms with Crippen molar-refractivity contribution in [1.29, 1.82) is 0 Å². The summed E-state index contributed by atoms with van der Waals surface area (Å²) >= 11 is 0. The van der Waals surface area contributed by atoms with Gasteiger partial charge in [-0.2, -0.15) is 0 Å². The van der Waals surface area contributed by atoms with E-state index in [1.807, 2.05) is 12.1 Å². The first-order chi connectivity index (χ1) is 46.6. The van der Waals surface area contributed by atoms with Gasteiger partial charge in [-0.05, 0) is 113 Å². The van der Waals surface area contributed by atoms with Crippen molar-refractivity contribution in [1.82, 2.24) is 38.2 Å². The Balaban J connectivity index is 0.681. The molecule has 0 unspecified atom stereocenters. The highest BCUT2D eigenvalue weighted by atomic mass is 15.2. The minimum Gasteiger partial charge on any atom is -0.309 e. The van der Waals surface area contributed by atoms with Gasteiger partial charge >= 0.3 is 0 Å². The highest BCUT2D eigenvalue weighted by Crippen LogP contribution is 2.48. The minimum absolute atomic E-state index is 0.625. The standard InChI is InChI=1S/C86H52N8/c1-3-22-54(23-4-1)81-65-32-9-15-36-71(65)87-85(89-81)93-74-39-18-12-29-62(74)70-52-57(45-49-78(70)93)56-44-48-77-69(51-56)61-28-11-17-38-73(61)91(77)60-46-42-53(43-47-60)55-24-21-25-58(50-55)82-66-33-10-16-37-72(66)88-86(90-82)94-76-41-20-14-35-68(76)80-79-67-34-13-19-40-75(67)92(59-26-5-2-6-27-59)83(79)63-30-7-8-31-64(63)84(80)94/h1-52H. The van der Waals surface area contributed by atoms with Gasteiger partial charge in [0.1, 0.15) is 0 Å². The maximum Gasteiger partial charge on any atom is 0.235 e. The van der Waals surface area contributed by atoms with E-state index in [2.05, 4.69) is 322 Å². The lowest BCUT2D eigenvalue weighted by atomic mass is 9.99. The number of benzene rings is 14. The molecule has 0 saturated heterocycles. The van der Waals surface area contributed by atoms with Crippen LogP contribution in [-0.2, 0) is 0 Å². The van der Waals surface area contributed by atoms with E-state index in [0.717, 1.165) is 138 Å². The van der Waals surface area contributed by atoms with E-state index in [1.54, 1.807) is 0 Å². The van der Waals surface area contributed by atoms with Crippen molar-refractivity contribution in [3.05, 3.63) is 315 Å². The zero-order valence-corrected chi connectivity index (χ0v) is 50.6. The van der Waals surface area contributed by atoms with E-state index in [-0.39, 0.29) is 0 Å². The summed E-state index contributed by atoms with van der Waals surface area (Å²) in [7, 11) is 0. The number of aromatic nitrogens is 8. The average molecular weight is 1200 g/mol. The van der Waals surface area contributed by atoms with Crippen molar-refractivity contribution in [2.45, 2.75) is 0 Å². The second kappa shape index (κ2) is 20.4. The number of fused-ring (bicyclic) bond motifs is 18. The Morgan fingerprint density at radius 2 is 0.564 bits per heavy atom. The maximum absolute atomic E-state index is 5.68. The molecule has 0 N–H and O–H groups in total. The normalized spacial score (nSPS) is 12.0. The van der Waals surface area contributed by atoms with E-state index >= 15 is 0 Å². The second-order valence-electron chi connectivity index (χ2n) is 24.5. The summed E-state index contributed by atoms with van der Waals surface area (Å²) in [5, 5.41) is 13.8. The third kappa shape index (κ3) is 7.74. The lowest BCUT2D eigenvalue weighted by Crippen LogP contribution is -2.04. The molecule has 0 spiro atoms. The fraction of sp³-hybridized carbons (Fsp3) is 0. The predicted octanol–water partition coefficient (Wildman–Crippen LogP) is 21.8. The Labute approximate surface area is 538 Å². The van der Waals surface area contributed by atoms with Gasteiger partial charge in [0.05, 0.1) is 66.6 Å². The highest BCUT2D eigenvalue weighted by Gasteiger charge is 2.27. The first-order valence-electron chi connectivity index (χ1n) is 32.0. The van der Waals surface area contributed by atoms with Crippen LogP contribution in [-0.4, -0.2) is 38.2 Å². The molecule has 0 aliphatic carbocycles. The first kappa shape index (κ1) is 52.0. The van der Waals surface area contributed by atoms with Gasteiger partial charge < -0.3 is 9.13 Å². The SMILES string of the molecule is c1ccc(-c2nc(-n3c4ccccc4c4cc(-c5ccc6c(c5)c5ccccc5n6-c5ccc(-c6cccc(-c7nc(-n8c9ccccc9c9c%10c%11ccccc%11n(-c%11ccccc%11)c%10c%10ccccc%10c98)nc8ccccc78)c6)cc5)ccc43)nc3ccccc23)cc1. The predicted molar refractivity (Wildman–Crippen MR) is 389 cm³/mol. The molecule has 20 rings (SSSR count). The molecule has 8 nitrogen and oxygen atoms in total. The maximum atomic E-state index is 5.68. The van der Waals surface area contributed by atoms with Crippen LogP contribution in [0.1, 0.15) is 0 Å². The van der Waals surface area contributed by atoms with Crippen LogP contribution in [0, 0.1) is 0 Å². The zero-order chi connectivity index (χ0) is 61.5. The molecule has 6 aromatic heterocycles. The Kier molecular flexibility index (Phi) is 11.3. The van der Waals surface area contributed by atoms with Gasteiger partial charge in [-0.25, -0.2) is 19.9 Å². The molecule has 0 saturated carbocycles. The molecule has 0 amide bonds.